The van der Waals surface area contributed by atoms with E-state index in [9.17, 15) is 9.59 Å². The fourth-order valence-corrected chi connectivity index (χ4v) is 2.67. The molecule has 0 bridgehead atoms. The summed E-state index contributed by atoms with van der Waals surface area (Å²) < 4.78 is 5.48. The first-order chi connectivity index (χ1) is 9.11. The van der Waals surface area contributed by atoms with Crippen LogP contribution in [0, 0.1) is 5.92 Å². The highest BCUT2D eigenvalue weighted by molar-refractivity contribution is 7.97. The number of likely N-dealkylation sites (tertiary alicyclic amines) is 1. The molecule has 104 valence electrons. The number of piperidine rings is 1. The number of carbonyl (C=O) groups excluding carboxylic acids is 1. The maximum Gasteiger partial charge on any atom is 0.308 e. The van der Waals surface area contributed by atoms with Crippen molar-refractivity contribution in [2.75, 3.05) is 19.3 Å². The van der Waals surface area contributed by atoms with E-state index in [4.69, 9.17) is 9.52 Å². The minimum atomic E-state index is -0.833. The summed E-state index contributed by atoms with van der Waals surface area (Å²) in [5, 5.41) is 9.02. The van der Waals surface area contributed by atoms with Crippen molar-refractivity contribution in [2.24, 2.45) is 5.92 Å². The third-order valence-corrected chi connectivity index (χ3v) is 3.79. The molecule has 1 amide bonds. The second-order valence-electron chi connectivity index (χ2n) is 4.63. The second-order valence-corrected chi connectivity index (χ2v) is 5.49. The molecule has 5 nitrogen and oxygen atoms in total. The number of furan rings is 1. The van der Waals surface area contributed by atoms with Crippen LogP contribution in [0.15, 0.2) is 16.5 Å². The largest absolute Gasteiger partial charge is 0.481 e. The summed E-state index contributed by atoms with van der Waals surface area (Å²) in [6.07, 6.45) is 3.32. The summed E-state index contributed by atoms with van der Waals surface area (Å²) in [6.45, 7) is 0.869. The van der Waals surface area contributed by atoms with Crippen molar-refractivity contribution in [1.29, 1.82) is 0 Å². The fraction of sp³-hybridized carbons (Fsp3) is 0.538. The van der Waals surface area contributed by atoms with Crippen LogP contribution < -0.4 is 0 Å². The molecule has 2 rings (SSSR count). The molecule has 0 saturated carbocycles. The average molecular weight is 283 g/mol. The topological polar surface area (TPSA) is 70.8 Å². The van der Waals surface area contributed by atoms with Gasteiger partial charge in [-0.15, -0.1) is 0 Å². The van der Waals surface area contributed by atoms with Gasteiger partial charge in [0.1, 0.15) is 5.76 Å². The van der Waals surface area contributed by atoms with Crippen LogP contribution in [0.1, 0.15) is 29.2 Å². The van der Waals surface area contributed by atoms with Gasteiger partial charge in [-0.2, -0.15) is 11.8 Å². The molecule has 1 atom stereocenters. The zero-order chi connectivity index (χ0) is 13.8. The number of aliphatic carboxylic acids is 1. The molecule has 2 heterocycles. The zero-order valence-electron chi connectivity index (χ0n) is 10.8. The SMILES string of the molecule is CSCc1ccc(C(=O)N2CCC[C@H](C(=O)O)C2)o1. The van der Waals surface area contributed by atoms with Crippen LogP contribution >= 0.6 is 11.8 Å². The molecule has 1 aliphatic heterocycles. The number of hydrogen-bond donors (Lipinski definition) is 1. The third-order valence-electron chi connectivity index (χ3n) is 3.22. The van der Waals surface area contributed by atoms with E-state index in [1.54, 1.807) is 28.8 Å². The van der Waals surface area contributed by atoms with Crippen LogP contribution in [-0.4, -0.2) is 41.2 Å². The number of carboxylic acid groups (broad SMARTS) is 1. The van der Waals surface area contributed by atoms with Crippen molar-refractivity contribution in [3.05, 3.63) is 23.7 Å². The molecule has 1 fully saturated rings. The Morgan fingerprint density at radius 2 is 2.32 bits per heavy atom. The molecule has 0 spiro atoms. The maximum atomic E-state index is 12.2. The molecular formula is C13H17NO4S. The van der Waals surface area contributed by atoms with E-state index in [1.165, 1.54) is 0 Å². The molecule has 1 saturated heterocycles. The summed E-state index contributed by atoms with van der Waals surface area (Å²) in [6, 6.07) is 3.46. The molecule has 19 heavy (non-hydrogen) atoms. The third kappa shape index (κ3) is 3.32. The lowest BCUT2D eigenvalue weighted by molar-refractivity contribution is -0.143. The Labute approximate surface area is 116 Å². The molecule has 0 aliphatic carbocycles. The van der Waals surface area contributed by atoms with Crippen molar-refractivity contribution >= 4 is 23.6 Å². The van der Waals surface area contributed by atoms with Crippen LogP contribution in [0.5, 0.6) is 0 Å². The number of thioether (sulfide) groups is 1. The Hall–Kier alpha value is -1.43. The van der Waals surface area contributed by atoms with Crippen LogP contribution in [0.4, 0.5) is 0 Å². The molecule has 6 heteroatoms. The van der Waals surface area contributed by atoms with Crippen molar-refractivity contribution in [3.8, 4) is 0 Å². The van der Waals surface area contributed by atoms with Crippen molar-refractivity contribution in [1.82, 2.24) is 4.90 Å². The highest BCUT2D eigenvalue weighted by Crippen LogP contribution is 2.20. The molecule has 0 radical (unpaired) electrons. The van der Waals surface area contributed by atoms with Crippen LogP contribution in [0.25, 0.3) is 0 Å². The first-order valence-corrected chi connectivity index (χ1v) is 7.61. The number of hydrogen-bond acceptors (Lipinski definition) is 4. The second kappa shape index (κ2) is 6.14. The first-order valence-electron chi connectivity index (χ1n) is 6.21. The van der Waals surface area contributed by atoms with Gasteiger partial charge in [-0.25, -0.2) is 0 Å². The smallest absolute Gasteiger partial charge is 0.308 e. The summed E-state index contributed by atoms with van der Waals surface area (Å²) >= 11 is 1.62. The normalized spacial score (nSPS) is 19.4. The summed E-state index contributed by atoms with van der Waals surface area (Å²) in [7, 11) is 0. The molecule has 1 aromatic rings. The molecule has 0 unspecified atom stereocenters. The van der Waals surface area contributed by atoms with Crippen molar-refractivity contribution < 1.29 is 19.1 Å². The van der Waals surface area contributed by atoms with Gasteiger partial charge in [0.05, 0.1) is 11.7 Å². The Morgan fingerprint density at radius 1 is 1.53 bits per heavy atom. The van der Waals surface area contributed by atoms with Crippen LogP contribution in [-0.2, 0) is 10.5 Å². The maximum absolute atomic E-state index is 12.2. The van der Waals surface area contributed by atoms with E-state index in [2.05, 4.69) is 0 Å². The Bertz CT molecular complexity index is 471. The summed E-state index contributed by atoms with van der Waals surface area (Å²) in [4.78, 5) is 24.8. The molecule has 1 N–H and O–H groups in total. The van der Waals surface area contributed by atoms with E-state index < -0.39 is 11.9 Å². The summed E-state index contributed by atoms with van der Waals surface area (Å²) in [5.41, 5.74) is 0. The monoisotopic (exact) mass is 283 g/mol. The minimum Gasteiger partial charge on any atom is -0.481 e. The predicted molar refractivity (Wildman–Crippen MR) is 72.2 cm³/mol. The molecular weight excluding hydrogens is 266 g/mol. The average Bonchev–Trinajstić information content (AvgIpc) is 2.87. The van der Waals surface area contributed by atoms with Gasteiger partial charge in [-0.05, 0) is 31.2 Å². The van der Waals surface area contributed by atoms with E-state index in [1.807, 2.05) is 6.26 Å². The van der Waals surface area contributed by atoms with Crippen LogP contribution in [0.3, 0.4) is 0 Å². The highest BCUT2D eigenvalue weighted by Gasteiger charge is 2.29. The lowest BCUT2D eigenvalue weighted by atomic mass is 9.98. The minimum absolute atomic E-state index is 0.210. The van der Waals surface area contributed by atoms with E-state index in [-0.39, 0.29) is 12.5 Å². The Morgan fingerprint density at radius 3 is 3.00 bits per heavy atom. The first kappa shape index (κ1) is 14.0. The van der Waals surface area contributed by atoms with E-state index >= 15 is 0 Å². The Kier molecular flexibility index (Phi) is 4.52. The van der Waals surface area contributed by atoms with Gasteiger partial charge in [0.15, 0.2) is 5.76 Å². The number of carboxylic acids is 1. The predicted octanol–water partition coefficient (Wildman–Crippen LogP) is 2.08. The number of nitrogens with zero attached hydrogens (tertiary/aromatic N) is 1. The van der Waals surface area contributed by atoms with Gasteiger partial charge in [-0.1, -0.05) is 0 Å². The number of rotatable bonds is 4. The van der Waals surface area contributed by atoms with Gasteiger partial charge in [-0.3, -0.25) is 9.59 Å². The summed E-state index contributed by atoms with van der Waals surface area (Å²) in [5.74, 6) is 0.291. The molecule has 1 aromatic heterocycles. The molecule has 0 aromatic carbocycles. The lowest BCUT2D eigenvalue weighted by Gasteiger charge is -2.29. The van der Waals surface area contributed by atoms with Gasteiger partial charge >= 0.3 is 5.97 Å². The number of carbonyl (C=O) groups is 2. The van der Waals surface area contributed by atoms with Gasteiger partial charge in [0, 0.05) is 13.1 Å². The van der Waals surface area contributed by atoms with E-state index in [0.717, 1.165) is 17.9 Å². The lowest BCUT2D eigenvalue weighted by Crippen LogP contribution is -2.42. The van der Waals surface area contributed by atoms with Gasteiger partial charge in [0.25, 0.3) is 5.91 Å². The molecule has 1 aliphatic rings. The standard InChI is InChI=1S/C13H17NO4S/c1-19-8-10-4-5-11(18-10)12(15)14-6-2-3-9(7-14)13(16)17/h4-5,9H,2-3,6-8H2,1H3,(H,16,17)/t9-/m0/s1. The van der Waals surface area contributed by atoms with E-state index in [0.29, 0.717) is 18.7 Å². The fourth-order valence-electron chi connectivity index (χ4n) is 2.23. The quantitative estimate of drug-likeness (QED) is 0.916. The zero-order valence-corrected chi connectivity index (χ0v) is 11.6. The highest BCUT2D eigenvalue weighted by atomic mass is 32.2. The Balaban J connectivity index is 2.03. The number of amides is 1. The van der Waals surface area contributed by atoms with Crippen LogP contribution in [0.2, 0.25) is 0 Å². The van der Waals surface area contributed by atoms with Crippen molar-refractivity contribution in [2.45, 2.75) is 18.6 Å². The van der Waals surface area contributed by atoms with Gasteiger partial charge in [0.2, 0.25) is 0 Å². The van der Waals surface area contributed by atoms with Crippen molar-refractivity contribution in [3.63, 3.8) is 0 Å². The van der Waals surface area contributed by atoms with Gasteiger partial charge < -0.3 is 14.4 Å².